The molecule has 0 spiro atoms. The minimum absolute atomic E-state index is 0.0781. The molecule has 25 heavy (non-hydrogen) atoms. The summed E-state index contributed by atoms with van der Waals surface area (Å²) in [6, 6.07) is 17.4. The molecule has 1 amide bonds. The highest BCUT2D eigenvalue weighted by Gasteiger charge is 2.12. The maximum absolute atomic E-state index is 12.8. The fourth-order valence-corrected chi connectivity index (χ4v) is 3.44. The molecule has 5 nitrogen and oxygen atoms in total. The quantitative estimate of drug-likeness (QED) is 0.523. The Morgan fingerprint density at radius 2 is 1.80 bits per heavy atom. The van der Waals surface area contributed by atoms with Gasteiger partial charge in [0, 0.05) is 6.54 Å². The molecular weight excluding hydrogens is 334 g/mol. The van der Waals surface area contributed by atoms with Crippen molar-refractivity contribution in [3.05, 3.63) is 70.5 Å². The van der Waals surface area contributed by atoms with Gasteiger partial charge in [-0.05, 0) is 30.5 Å². The van der Waals surface area contributed by atoms with Gasteiger partial charge in [-0.15, -0.1) is 0 Å². The first-order chi connectivity index (χ1) is 12.1. The van der Waals surface area contributed by atoms with Crippen LogP contribution in [0.5, 0.6) is 0 Å². The lowest BCUT2D eigenvalue weighted by atomic mass is 10.1. The number of hydrogen-bond acceptors (Lipinski definition) is 4. The molecule has 0 bridgehead atoms. The summed E-state index contributed by atoms with van der Waals surface area (Å²) < 4.78 is 1.65. The number of aromatic nitrogens is 2. The highest BCUT2D eigenvalue weighted by molar-refractivity contribution is 7.99. The Morgan fingerprint density at radius 3 is 2.56 bits per heavy atom. The number of para-hydroxylation sites is 1. The zero-order valence-electron chi connectivity index (χ0n) is 13.7. The number of primary amides is 1. The van der Waals surface area contributed by atoms with Crippen molar-refractivity contribution in [2.45, 2.75) is 24.5 Å². The van der Waals surface area contributed by atoms with Crippen molar-refractivity contribution in [2.75, 3.05) is 5.75 Å². The SMILES string of the molecule is NC(=O)CSc1nc2ccccc2c(=O)n1CCCc1ccccc1. The van der Waals surface area contributed by atoms with Crippen LogP contribution in [0.15, 0.2) is 64.5 Å². The molecule has 0 aliphatic heterocycles. The summed E-state index contributed by atoms with van der Waals surface area (Å²) in [5, 5.41) is 1.13. The number of amides is 1. The van der Waals surface area contributed by atoms with E-state index in [-0.39, 0.29) is 11.3 Å². The van der Waals surface area contributed by atoms with Crippen LogP contribution < -0.4 is 11.3 Å². The monoisotopic (exact) mass is 353 g/mol. The molecule has 0 saturated carbocycles. The van der Waals surface area contributed by atoms with Crippen molar-refractivity contribution in [3.8, 4) is 0 Å². The lowest BCUT2D eigenvalue weighted by Gasteiger charge is -2.12. The molecule has 0 atom stereocenters. The number of fused-ring (bicyclic) bond motifs is 1. The third-order valence-corrected chi connectivity index (χ3v) is 4.86. The Balaban J connectivity index is 1.87. The molecule has 0 aliphatic carbocycles. The summed E-state index contributed by atoms with van der Waals surface area (Å²) in [6.07, 6.45) is 1.69. The van der Waals surface area contributed by atoms with Gasteiger partial charge in [0.2, 0.25) is 5.91 Å². The second-order valence-electron chi connectivity index (χ2n) is 5.71. The Kier molecular flexibility index (Phi) is 5.50. The molecule has 0 fully saturated rings. The minimum atomic E-state index is -0.428. The number of benzene rings is 2. The third kappa shape index (κ3) is 4.28. The first kappa shape index (κ1) is 17.2. The Hall–Kier alpha value is -2.60. The van der Waals surface area contributed by atoms with Gasteiger partial charge in [-0.3, -0.25) is 14.2 Å². The molecule has 1 aromatic heterocycles. The Labute approximate surface area is 149 Å². The van der Waals surface area contributed by atoms with Gasteiger partial charge < -0.3 is 5.73 Å². The predicted molar refractivity (Wildman–Crippen MR) is 101 cm³/mol. The van der Waals surface area contributed by atoms with E-state index in [0.29, 0.717) is 22.6 Å². The second kappa shape index (κ2) is 7.98. The topological polar surface area (TPSA) is 78.0 Å². The molecular formula is C19H19N3O2S. The molecule has 2 N–H and O–H groups in total. The fraction of sp³-hybridized carbons (Fsp3) is 0.211. The van der Waals surface area contributed by atoms with Crippen LogP contribution in [0.4, 0.5) is 0 Å². The summed E-state index contributed by atoms with van der Waals surface area (Å²) in [7, 11) is 0. The Morgan fingerprint density at radius 1 is 1.08 bits per heavy atom. The zero-order chi connectivity index (χ0) is 17.6. The molecule has 3 aromatic rings. The zero-order valence-corrected chi connectivity index (χ0v) is 14.5. The normalized spacial score (nSPS) is 10.9. The van der Waals surface area contributed by atoms with Crippen LogP contribution in [0.1, 0.15) is 12.0 Å². The van der Waals surface area contributed by atoms with Gasteiger partial charge in [-0.25, -0.2) is 4.98 Å². The summed E-state index contributed by atoms with van der Waals surface area (Å²) in [6.45, 7) is 0.548. The predicted octanol–water partition coefficient (Wildman–Crippen LogP) is 2.61. The minimum Gasteiger partial charge on any atom is -0.369 e. The van der Waals surface area contributed by atoms with E-state index in [1.165, 1.54) is 17.3 Å². The molecule has 6 heteroatoms. The fourth-order valence-electron chi connectivity index (χ4n) is 2.68. The lowest BCUT2D eigenvalue weighted by molar-refractivity contribution is -0.115. The van der Waals surface area contributed by atoms with Gasteiger partial charge in [-0.2, -0.15) is 0 Å². The van der Waals surface area contributed by atoms with Gasteiger partial charge in [0.05, 0.1) is 16.7 Å². The van der Waals surface area contributed by atoms with E-state index in [2.05, 4.69) is 17.1 Å². The first-order valence-corrected chi connectivity index (χ1v) is 9.08. The summed E-state index contributed by atoms with van der Waals surface area (Å²) in [4.78, 5) is 28.5. The number of nitrogens with two attached hydrogens (primary N) is 1. The maximum atomic E-state index is 12.8. The molecule has 1 heterocycles. The van der Waals surface area contributed by atoms with Crippen molar-refractivity contribution in [1.82, 2.24) is 9.55 Å². The van der Waals surface area contributed by atoms with Gasteiger partial charge in [-0.1, -0.05) is 54.2 Å². The standard InChI is InChI=1S/C19H19N3O2S/c20-17(23)13-25-19-21-16-11-5-4-10-15(16)18(24)22(19)12-6-9-14-7-2-1-3-8-14/h1-5,7-8,10-11H,6,9,12-13H2,(H2,20,23). The lowest BCUT2D eigenvalue weighted by Crippen LogP contribution is -2.24. The summed E-state index contributed by atoms with van der Waals surface area (Å²) in [5.41, 5.74) is 7.03. The number of aryl methyl sites for hydroxylation is 1. The van der Waals surface area contributed by atoms with Crippen LogP contribution in [-0.4, -0.2) is 21.2 Å². The number of thioether (sulfide) groups is 1. The molecule has 0 radical (unpaired) electrons. The average molecular weight is 353 g/mol. The van der Waals surface area contributed by atoms with Crippen LogP contribution in [0.3, 0.4) is 0 Å². The molecule has 128 valence electrons. The first-order valence-electron chi connectivity index (χ1n) is 8.10. The highest BCUT2D eigenvalue weighted by Crippen LogP contribution is 2.18. The Bertz CT molecular complexity index is 938. The van der Waals surface area contributed by atoms with Crippen LogP contribution in [-0.2, 0) is 17.8 Å². The van der Waals surface area contributed by atoms with Crippen LogP contribution in [0, 0.1) is 0 Å². The van der Waals surface area contributed by atoms with Crippen molar-refractivity contribution < 1.29 is 4.79 Å². The molecule has 2 aromatic carbocycles. The summed E-state index contributed by atoms with van der Waals surface area (Å²) >= 11 is 1.21. The van der Waals surface area contributed by atoms with E-state index in [1.54, 1.807) is 16.7 Å². The largest absolute Gasteiger partial charge is 0.369 e. The summed E-state index contributed by atoms with van der Waals surface area (Å²) in [5.74, 6) is -0.327. The van der Waals surface area contributed by atoms with E-state index < -0.39 is 5.91 Å². The van der Waals surface area contributed by atoms with Gasteiger partial charge >= 0.3 is 0 Å². The number of rotatable bonds is 7. The molecule has 0 unspecified atom stereocenters. The molecule has 3 rings (SSSR count). The van der Waals surface area contributed by atoms with Gasteiger partial charge in [0.15, 0.2) is 5.16 Å². The second-order valence-corrected chi connectivity index (χ2v) is 6.65. The highest BCUT2D eigenvalue weighted by atomic mass is 32.2. The number of hydrogen-bond donors (Lipinski definition) is 1. The van der Waals surface area contributed by atoms with E-state index >= 15 is 0 Å². The van der Waals surface area contributed by atoms with Crippen LogP contribution >= 0.6 is 11.8 Å². The number of nitrogens with zero attached hydrogens (tertiary/aromatic N) is 2. The van der Waals surface area contributed by atoms with Crippen LogP contribution in [0.2, 0.25) is 0 Å². The van der Waals surface area contributed by atoms with Crippen molar-refractivity contribution in [1.29, 1.82) is 0 Å². The smallest absolute Gasteiger partial charge is 0.262 e. The average Bonchev–Trinajstić information content (AvgIpc) is 2.63. The molecule has 0 aliphatic rings. The van der Waals surface area contributed by atoms with Gasteiger partial charge in [0.25, 0.3) is 5.56 Å². The van der Waals surface area contributed by atoms with E-state index in [1.807, 2.05) is 30.3 Å². The van der Waals surface area contributed by atoms with Gasteiger partial charge in [0.1, 0.15) is 0 Å². The number of carbonyl (C=O) groups excluding carboxylic acids is 1. The van der Waals surface area contributed by atoms with E-state index in [4.69, 9.17) is 5.73 Å². The molecule has 0 saturated heterocycles. The maximum Gasteiger partial charge on any atom is 0.262 e. The van der Waals surface area contributed by atoms with Crippen molar-refractivity contribution >= 4 is 28.6 Å². The van der Waals surface area contributed by atoms with Crippen LogP contribution in [0.25, 0.3) is 10.9 Å². The van der Waals surface area contributed by atoms with Crippen molar-refractivity contribution in [2.24, 2.45) is 5.73 Å². The number of carbonyl (C=O) groups is 1. The van der Waals surface area contributed by atoms with E-state index in [0.717, 1.165) is 12.8 Å². The van der Waals surface area contributed by atoms with E-state index in [9.17, 15) is 9.59 Å². The van der Waals surface area contributed by atoms with Crippen molar-refractivity contribution in [3.63, 3.8) is 0 Å². The third-order valence-electron chi connectivity index (χ3n) is 3.86.